The molecule has 0 spiro atoms. The number of hydrogen-bond donors (Lipinski definition) is 5. The van der Waals surface area contributed by atoms with Gasteiger partial charge in [0.15, 0.2) is 0 Å². The number of benzene rings is 1. The van der Waals surface area contributed by atoms with Crippen LogP contribution in [0.25, 0.3) is 0 Å². The molecule has 0 saturated carbocycles. The lowest BCUT2D eigenvalue weighted by Gasteiger charge is -2.14. The number of rotatable bonds is 11. The summed E-state index contributed by atoms with van der Waals surface area (Å²) in [6.07, 6.45) is 1.81. The summed E-state index contributed by atoms with van der Waals surface area (Å²) >= 11 is 0. The number of unbranched alkanes of at least 4 members (excludes halogenated alkanes) is 1. The zero-order valence-electron chi connectivity index (χ0n) is 16.2. The van der Waals surface area contributed by atoms with Gasteiger partial charge in [-0.25, -0.2) is 14.4 Å². The van der Waals surface area contributed by atoms with Gasteiger partial charge in [-0.3, -0.25) is 4.79 Å². The van der Waals surface area contributed by atoms with Gasteiger partial charge in [0.05, 0.1) is 0 Å². The zero-order valence-corrected chi connectivity index (χ0v) is 16.2. The van der Waals surface area contributed by atoms with Crippen molar-refractivity contribution in [2.24, 2.45) is 0 Å². The molecular weight excluding hydrogens is 364 g/mol. The van der Waals surface area contributed by atoms with Crippen LogP contribution in [0.5, 0.6) is 0 Å². The summed E-state index contributed by atoms with van der Waals surface area (Å²) < 4.78 is 0. The summed E-state index contributed by atoms with van der Waals surface area (Å²) in [7, 11) is 1.41. The number of ketones is 1. The Morgan fingerprint density at radius 2 is 1.61 bits per heavy atom. The molecule has 0 aliphatic heterocycles. The van der Waals surface area contributed by atoms with Crippen molar-refractivity contribution in [1.29, 1.82) is 0 Å². The largest absolute Gasteiger partial charge is 0.480 e. The molecule has 28 heavy (non-hydrogen) atoms. The number of carboxylic acid groups (broad SMARTS) is 1. The number of Topliss-reactive ketones (excluding diaryl/α,β-unsaturated/α-hetero) is 1. The van der Waals surface area contributed by atoms with Crippen molar-refractivity contribution in [3.8, 4) is 0 Å². The van der Waals surface area contributed by atoms with E-state index < -0.39 is 18.0 Å². The molecule has 1 rings (SSSR count). The maximum Gasteiger partial charge on any atom is 0.326 e. The van der Waals surface area contributed by atoms with Crippen molar-refractivity contribution in [3.05, 3.63) is 35.4 Å². The highest BCUT2D eigenvalue weighted by Crippen LogP contribution is 2.05. The van der Waals surface area contributed by atoms with E-state index in [1.54, 1.807) is 6.92 Å². The lowest BCUT2D eigenvalue weighted by atomic mass is 10.1. The topological polar surface area (TPSA) is 137 Å². The van der Waals surface area contributed by atoms with Crippen LogP contribution >= 0.6 is 0 Å². The Morgan fingerprint density at radius 1 is 0.964 bits per heavy atom. The molecule has 1 atom stereocenters. The van der Waals surface area contributed by atoms with Gasteiger partial charge < -0.3 is 26.4 Å². The fraction of sp³-hybridized carbons (Fsp3) is 0.474. The second-order valence-corrected chi connectivity index (χ2v) is 6.41. The van der Waals surface area contributed by atoms with Gasteiger partial charge in [-0.1, -0.05) is 24.3 Å². The van der Waals surface area contributed by atoms with Crippen LogP contribution in [0.2, 0.25) is 0 Å². The zero-order chi connectivity index (χ0) is 20.9. The van der Waals surface area contributed by atoms with Gasteiger partial charge in [0.1, 0.15) is 11.8 Å². The summed E-state index contributed by atoms with van der Waals surface area (Å²) in [5, 5.41) is 19.2. The van der Waals surface area contributed by atoms with E-state index >= 15 is 0 Å². The Balaban J connectivity index is 2.21. The average Bonchev–Trinajstić information content (AvgIpc) is 2.65. The van der Waals surface area contributed by atoms with Crippen molar-refractivity contribution in [1.82, 2.24) is 21.3 Å². The predicted molar refractivity (Wildman–Crippen MR) is 104 cm³/mol. The molecule has 1 aromatic carbocycles. The predicted octanol–water partition coefficient (Wildman–Crippen LogP) is 1.17. The van der Waals surface area contributed by atoms with E-state index in [9.17, 15) is 19.2 Å². The van der Waals surface area contributed by atoms with E-state index in [0.717, 1.165) is 11.1 Å². The summed E-state index contributed by atoms with van der Waals surface area (Å²) in [4.78, 5) is 45.1. The average molecular weight is 392 g/mol. The fourth-order valence-electron chi connectivity index (χ4n) is 2.47. The Bertz CT molecular complexity index is 675. The number of nitrogens with one attached hydrogen (secondary N) is 4. The normalized spacial score (nSPS) is 11.2. The molecule has 0 saturated heterocycles. The van der Waals surface area contributed by atoms with Crippen LogP contribution in [0.3, 0.4) is 0 Å². The van der Waals surface area contributed by atoms with Crippen molar-refractivity contribution < 1.29 is 24.3 Å². The standard InChI is InChI=1S/C19H28N4O5/c1-13(24)11-14-6-8-15(9-7-14)12-22-19(28)21-10-4-3-5-16(17(25)26)23-18(27)20-2/h6-9,16H,3-5,10-12H2,1-2H3,(H,25,26)(H2,20,23,27)(H2,21,22,28)/t16-/m0/s1. The third kappa shape index (κ3) is 9.56. The van der Waals surface area contributed by atoms with Gasteiger partial charge in [0, 0.05) is 26.6 Å². The fourth-order valence-corrected chi connectivity index (χ4v) is 2.47. The van der Waals surface area contributed by atoms with E-state index in [2.05, 4.69) is 21.3 Å². The highest BCUT2D eigenvalue weighted by Gasteiger charge is 2.18. The Kier molecular flexibility index (Phi) is 10.1. The molecule has 4 amide bonds. The van der Waals surface area contributed by atoms with Crippen molar-refractivity contribution in [2.45, 2.75) is 45.2 Å². The van der Waals surface area contributed by atoms with E-state index in [-0.39, 0.29) is 18.2 Å². The minimum Gasteiger partial charge on any atom is -0.480 e. The van der Waals surface area contributed by atoms with Crippen LogP contribution in [0.1, 0.15) is 37.3 Å². The number of hydrogen-bond acceptors (Lipinski definition) is 4. The first-order chi connectivity index (χ1) is 13.3. The molecule has 9 heteroatoms. The first kappa shape index (κ1) is 22.9. The highest BCUT2D eigenvalue weighted by atomic mass is 16.4. The maximum absolute atomic E-state index is 11.8. The van der Waals surface area contributed by atoms with Gasteiger partial charge in [-0.15, -0.1) is 0 Å². The molecule has 154 valence electrons. The first-order valence-corrected chi connectivity index (χ1v) is 9.11. The molecule has 0 bridgehead atoms. The summed E-state index contributed by atoms with van der Waals surface area (Å²) in [6, 6.07) is 5.64. The Labute approximate surface area is 164 Å². The quantitative estimate of drug-likeness (QED) is 0.360. The van der Waals surface area contributed by atoms with E-state index in [4.69, 9.17) is 5.11 Å². The summed E-state index contributed by atoms with van der Waals surface area (Å²) in [5.41, 5.74) is 1.86. The number of urea groups is 2. The van der Waals surface area contributed by atoms with E-state index in [1.165, 1.54) is 7.05 Å². The minimum atomic E-state index is -1.09. The third-order valence-corrected chi connectivity index (χ3v) is 3.96. The molecule has 0 aliphatic rings. The van der Waals surface area contributed by atoms with Crippen LogP contribution in [0.4, 0.5) is 9.59 Å². The van der Waals surface area contributed by atoms with Crippen molar-refractivity contribution in [3.63, 3.8) is 0 Å². The van der Waals surface area contributed by atoms with Crippen LogP contribution < -0.4 is 21.3 Å². The number of carboxylic acids is 1. The molecule has 5 N–H and O–H groups in total. The van der Waals surface area contributed by atoms with Crippen LogP contribution in [-0.4, -0.2) is 48.6 Å². The van der Waals surface area contributed by atoms with Crippen molar-refractivity contribution >= 4 is 23.8 Å². The van der Waals surface area contributed by atoms with Crippen LogP contribution in [0.15, 0.2) is 24.3 Å². The minimum absolute atomic E-state index is 0.101. The lowest BCUT2D eigenvalue weighted by Crippen LogP contribution is -2.44. The lowest BCUT2D eigenvalue weighted by molar-refractivity contribution is -0.139. The van der Waals surface area contributed by atoms with Crippen LogP contribution in [0, 0.1) is 0 Å². The number of carbonyl (C=O) groups is 4. The number of aliphatic carboxylic acids is 1. The first-order valence-electron chi connectivity index (χ1n) is 9.11. The summed E-state index contributed by atoms with van der Waals surface area (Å²) in [5.74, 6) is -0.993. The van der Waals surface area contributed by atoms with Crippen molar-refractivity contribution in [2.75, 3.05) is 13.6 Å². The van der Waals surface area contributed by atoms with Gasteiger partial charge in [-0.05, 0) is 37.3 Å². The monoisotopic (exact) mass is 392 g/mol. The Hall–Kier alpha value is -3.10. The molecule has 0 aliphatic carbocycles. The van der Waals surface area contributed by atoms with E-state index in [0.29, 0.717) is 32.4 Å². The highest BCUT2D eigenvalue weighted by molar-refractivity contribution is 5.82. The third-order valence-electron chi connectivity index (χ3n) is 3.96. The maximum atomic E-state index is 11.8. The van der Waals surface area contributed by atoms with Gasteiger partial charge >= 0.3 is 18.0 Å². The SMILES string of the molecule is CNC(=O)N[C@@H](CCCCNC(=O)NCc1ccc(CC(C)=O)cc1)C(=O)O. The second-order valence-electron chi connectivity index (χ2n) is 6.41. The second kappa shape index (κ2) is 12.3. The van der Waals surface area contributed by atoms with Crippen LogP contribution in [-0.2, 0) is 22.6 Å². The molecule has 9 nitrogen and oxygen atoms in total. The molecular formula is C19H28N4O5. The molecule has 0 unspecified atom stereocenters. The number of carbonyl (C=O) groups excluding carboxylic acids is 3. The molecule has 0 radical (unpaired) electrons. The smallest absolute Gasteiger partial charge is 0.326 e. The molecule has 0 heterocycles. The molecule has 0 fully saturated rings. The van der Waals surface area contributed by atoms with E-state index in [1.807, 2.05) is 24.3 Å². The van der Waals surface area contributed by atoms with Gasteiger partial charge in [-0.2, -0.15) is 0 Å². The molecule has 0 aromatic heterocycles. The van der Waals surface area contributed by atoms with Gasteiger partial charge in [0.2, 0.25) is 0 Å². The summed E-state index contributed by atoms with van der Waals surface area (Å²) in [6.45, 7) is 2.30. The Morgan fingerprint density at radius 3 is 2.18 bits per heavy atom. The van der Waals surface area contributed by atoms with Gasteiger partial charge in [0.25, 0.3) is 0 Å². The number of amides is 4. The molecule has 1 aromatic rings.